The van der Waals surface area contributed by atoms with E-state index in [2.05, 4.69) is 30.7 Å². The first-order valence-electron chi connectivity index (χ1n) is 7.87. The summed E-state index contributed by atoms with van der Waals surface area (Å²) in [6.45, 7) is 8.13. The molecule has 0 aliphatic heterocycles. The van der Waals surface area contributed by atoms with Crippen molar-refractivity contribution in [3.8, 4) is 0 Å². The van der Waals surface area contributed by atoms with Crippen LogP contribution in [-0.4, -0.2) is 32.4 Å². The van der Waals surface area contributed by atoms with E-state index in [-0.39, 0.29) is 17.5 Å². The average molecular weight is 300 g/mol. The van der Waals surface area contributed by atoms with Gasteiger partial charge in [0.25, 0.3) is 5.91 Å². The lowest BCUT2D eigenvalue weighted by atomic mass is 10.0. The van der Waals surface area contributed by atoms with Crippen molar-refractivity contribution >= 4 is 16.9 Å². The van der Waals surface area contributed by atoms with Gasteiger partial charge in [-0.2, -0.15) is 0 Å². The molecule has 1 aromatic heterocycles. The highest BCUT2D eigenvalue weighted by molar-refractivity contribution is 6.05. The van der Waals surface area contributed by atoms with Crippen LogP contribution >= 0.6 is 0 Å². The van der Waals surface area contributed by atoms with Crippen LogP contribution in [0.15, 0.2) is 18.2 Å². The minimum absolute atomic E-state index is 0.0586. The maximum Gasteiger partial charge on any atom is 0.256 e. The number of aromatic nitrogens is 2. The Hall–Kier alpha value is -1.88. The Morgan fingerprint density at radius 2 is 2.09 bits per heavy atom. The van der Waals surface area contributed by atoms with E-state index >= 15 is 0 Å². The van der Waals surface area contributed by atoms with Gasteiger partial charge in [-0.1, -0.05) is 6.07 Å². The van der Waals surface area contributed by atoms with E-state index in [0.29, 0.717) is 17.4 Å². The van der Waals surface area contributed by atoms with E-state index in [1.807, 2.05) is 30.0 Å². The molecule has 5 nitrogen and oxygen atoms in total. The molecule has 118 valence electrons. The highest BCUT2D eigenvalue weighted by atomic mass is 16.2. The molecule has 3 rings (SSSR count). The third kappa shape index (κ3) is 2.61. The van der Waals surface area contributed by atoms with Gasteiger partial charge < -0.3 is 15.6 Å². The number of hydrogen-bond donors (Lipinski definition) is 2. The van der Waals surface area contributed by atoms with Gasteiger partial charge in [-0.3, -0.25) is 4.79 Å². The van der Waals surface area contributed by atoms with Crippen LogP contribution in [0.3, 0.4) is 0 Å². The summed E-state index contributed by atoms with van der Waals surface area (Å²) in [5, 5.41) is 0. The van der Waals surface area contributed by atoms with Gasteiger partial charge in [-0.05, 0) is 52.7 Å². The number of nitrogens with two attached hydrogens (primary N) is 1. The molecule has 1 heterocycles. The van der Waals surface area contributed by atoms with E-state index in [4.69, 9.17) is 5.73 Å². The van der Waals surface area contributed by atoms with Crippen molar-refractivity contribution in [2.45, 2.75) is 58.2 Å². The van der Waals surface area contributed by atoms with Crippen LogP contribution in [0.25, 0.3) is 11.0 Å². The molecule has 1 aliphatic rings. The van der Waals surface area contributed by atoms with Crippen molar-refractivity contribution < 1.29 is 4.79 Å². The highest BCUT2D eigenvalue weighted by Crippen LogP contribution is 2.35. The van der Waals surface area contributed by atoms with Gasteiger partial charge in [0.05, 0.1) is 17.1 Å². The smallest absolute Gasteiger partial charge is 0.256 e. The molecule has 5 heteroatoms. The third-order valence-corrected chi connectivity index (χ3v) is 4.05. The number of rotatable bonds is 3. The number of hydrogen-bond acceptors (Lipinski definition) is 3. The number of imidazole rings is 1. The summed E-state index contributed by atoms with van der Waals surface area (Å²) in [6.07, 6.45) is 2.18. The normalized spacial score (nSPS) is 16.8. The molecule has 1 fully saturated rings. The number of nitrogens with one attached hydrogen (secondary N) is 1. The lowest BCUT2D eigenvalue weighted by Gasteiger charge is -2.36. The fourth-order valence-electron chi connectivity index (χ4n) is 2.92. The number of H-pyrrole nitrogens is 1. The summed E-state index contributed by atoms with van der Waals surface area (Å²) in [4.78, 5) is 22.9. The Balaban J connectivity index is 2.06. The fraction of sp³-hybridized carbons (Fsp3) is 0.529. The zero-order valence-corrected chi connectivity index (χ0v) is 13.7. The van der Waals surface area contributed by atoms with Crippen LogP contribution < -0.4 is 5.73 Å². The van der Waals surface area contributed by atoms with Gasteiger partial charge in [-0.25, -0.2) is 4.98 Å². The standard InChI is InChI=1S/C17H24N4O/c1-10(18)15-19-13-7-5-6-12(14(13)20-15)16(22)21(11-8-9-11)17(2,3)4/h5-7,10-11H,8-9,18H2,1-4H3,(H,19,20)/t10-/m0/s1. The van der Waals surface area contributed by atoms with E-state index in [1.165, 1.54) is 0 Å². The number of carbonyl (C=O) groups is 1. The number of para-hydroxylation sites is 1. The SMILES string of the molecule is C[C@H](N)c1nc2c(C(=O)N(C3CC3)C(C)(C)C)cccc2[nH]1. The van der Waals surface area contributed by atoms with Crippen LogP contribution in [0.1, 0.15) is 62.8 Å². The van der Waals surface area contributed by atoms with E-state index in [0.717, 1.165) is 23.9 Å². The van der Waals surface area contributed by atoms with Crippen LogP contribution in [0.5, 0.6) is 0 Å². The molecular formula is C17H24N4O. The van der Waals surface area contributed by atoms with Crippen molar-refractivity contribution in [1.29, 1.82) is 0 Å². The molecule has 3 N–H and O–H groups in total. The molecule has 1 aliphatic carbocycles. The summed E-state index contributed by atoms with van der Waals surface area (Å²) < 4.78 is 0. The Morgan fingerprint density at radius 3 is 2.64 bits per heavy atom. The minimum Gasteiger partial charge on any atom is -0.341 e. The lowest BCUT2D eigenvalue weighted by molar-refractivity contribution is 0.0560. The molecule has 1 amide bonds. The van der Waals surface area contributed by atoms with Crippen LogP contribution in [0.4, 0.5) is 0 Å². The fourth-order valence-corrected chi connectivity index (χ4v) is 2.92. The van der Waals surface area contributed by atoms with Gasteiger partial charge >= 0.3 is 0 Å². The average Bonchev–Trinajstić information content (AvgIpc) is 3.12. The summed E-state index contributed by atoms with van der Waals surface area (Å²) in [7, 11) is 0. The van der Waals surface area contributed by atoms with Crippen molar-refractivity contribution in [2.75, 3.05) is 0 Å². The number of benzene rings is 1. The second kappa shape index (κ2) is 5.09. The molecule has 0 unspecified atom stereocenters. The van der Waals surface area contributed by atoms with Gasteiger partial charge in [0.15, 0.2) is 0 Å². The topological polar surface area (TPSA) is 75.0 Å². The maximum absolute atomic E-state index is 13.1. The first-order valence-corrected chi connectivity index (χ1v) is 7.87. The van der Waals surface area contributed by atoms with Crippen LogP contribution in [0, 0.1) is 0 Å². The number of amides is 1. The molecule has 0 bridgehead atoms. The summed E-state index contributed by atoms with van der Waals surface area (Å²) in [5.41, 5.74) is 7.94. The number of aromatic amines is 1. The molecule has 1 aromatic carbocycles. The summed E-state index contributed by atoms with van der Waals surface area (Å²) in [5.74, 6) is 0.771. The molecule has 1 atom stereocenters. The molecule has 2 aromatic rings. The van der Waals surface area contributed by atoms with Crippen molar-refractivity contribution in [3.05, 3.63) is 29.6 Å². The first-order chi connectivity index (χ1) is 10.3. The van der Waals surface area contributed by atoms with Gasteiger partial charge in [-0.15, -0.1) is 0 Å². The first kappa shape index (κ1) is 15.0. The van der Waals surface area contributed by atoms with Gasteiger partial charge in [0, 0.05) is 11.6 Å². The lowest BCUT2D eigenvalue weighted by Crippen LogP contribution is -2.47. The summed E-state index contributed by atoms with van der Waals surface area (Å²) >= 11 is 0. The zero-order valence-electron chi connectivity index (χ0n) is 13.7. The highest BCUT2D eigenvalue weighted by Gasteiger charge is 2.40. The second-order valence-electron chi connectivity index (χ2n) is 7.19. The quantitative estimate of drug-likeness (QED) is 0.915. The Kier molecular flexibility index (Phi) is 3.48. The largest absolute Gasteiger partial charge is 0.341 e. The van der Waals surface area contributed by atoms with Crippen LogP contribution in [-0.2, 0) is 0 Å². The zero-order chi connectivity index (χ0) is 16.1. The number of carbonyl (C=O) groups excluding carboxylic acids is 1. The number of fused-ring (bicyclic) bond motifs is 1. The van der Waals surface area contributed by atoms with E-state index in [1.54, 1.807) is 0 Å². The molecule has 22 heavy (non-hydrogen) atoms. The Bertz CT molecular complexity index is 707. The molecular weight excluding hydrogens is 276 g/mol. The molecule has 1 saturated carbocycles. The Labute approximate surface area is 130 Å². The number of nitrogens with zero attached hydrogens (tertiary/aromatic N) is 2. The molecule has 0 saturated heterocycles. The monoisotopic (exact) mass is 300 g/mol. The third-order valence-electron chi connectivity index (χ3n) is 4.05. The Morgan fingerprint density at radius 1 is 1.41 bits per heavy atom. The minimum atomic E-state index is -0.194. The maximum atomic E-state index is 13.1. The predicted molar refractivity (Wildman–Crippen MR) is 87.6 cm³/mol. The van der Waals surface area contributed by atoms with E-state index < -0.39 is 0 Å². The van der Waals surface area contributed by atoms with Gasteiger partial charge in [0.2, 0.25) is 0 Å². The predicted octanol–water partition coefficient (Wildman–Crippen LogP) is 2.99. The van der Waals surface area contributed by atoms with Gasteiger partial charge in [0.1, 0.15) is 11.3 Å². The summed E-state index contributed by atoms with van der Waals surface area (Å²) in [6, 6.07) is 5.86. The van der Waals surface area contributed by atoms with Crippen molar-refractivity contribution in [3.63, 3.8) is 0 Å². The molecule has 0 radical (unpaired) electrons. The van der Waals surface area contributed by atoms with E-state index in [9.17, 15) is 4.79 Å². The second-order valence-corrected chi connectivity index (χ2v) is 7.19. The van der Waals surface area contributed by atoms with Crippen molar-refractivity contribution in [2.24, 2.45) is 5.73 Å². The van der Waals surface area contributed by atoms with Crippen LogP contribution in [0.2, 0.25) is 0 Å². The van der Waals surface area contributed by atoms with Crippen molar-refractivity contribution in [1.82, 2.24) is 14.9 Å². The molecule has 0 spiro atoms.